The number of methoxy groups -OCH3 is 2. The van der Waals surface area contributed by atoms with Crippen LogP contribution in [0.3, 0.4) is 0 Å². The van der Waals surface area contributed by atoms with E-state index in [1.165, 1.54) is 0 Å². The van der Waals surface area contributed by atoms with Crippen LogP contribution in [-0.2, 0) is 7.05 Å². The molecule has 0 amide bonds. The quantitative estimate of drug-likeness (QED) is 0.925. The van der Waals surface area contributed by atoms with Crippen LogP contribution in [0.2, 0.25) is 0 Å². The highest BCUT2D eigenvalue weighted by Crippen LogP contribution is 2.31. The number of hydrogen-bond acceptors (Lipinski definition) is 5. The monoisotopic (exact) mass is 272 g/mol. The van der Waals surface area contributed by atoms with E-state index in [2.05, 4.69) is 16.5 Å². The van der Waals surface area contributed by atoms with E-state index in [9.17, 15) is 5.26 Å². The number of aryl methyl sites for hydroxylation is 2. The minimum Gasteiger partial charge on any atom is -0.493 e. The predicted molar refractivity (Wildman–Crippen MR) is 75.5 cm³/mol. The molecule has 0 fully saturated rings. The third-order valence-electron chi connectivity index (χ3n) is 2.98. The number of ether oxygens (including phenoxy) is 2. The van der Waals surface area contributed by atoms with Crippen molar-refractivity contribution in [3.63, 3.8) is 0 Å². The lowest BCUT2D eigenvalue weighted by Crippen LogP contribution is -2.01. The molecule has 0 aliphatic carbocycles. The summed E-state index contributed by atoms with van der Waals surface area (Å²) < 4.78 is 12.1. The first kappa shape index (κ1) is 13.7. The second-order valence-corrected chi connectivity index (χ2v) is 4.24. The molecule has 6 nitrogen and oxygen atoms in total. The van der Waals surface area contributed by atoms with Crippen LogP contribution in [0.25, 0.3) is 0 Å². The lowest BCUT2D eigenvalue weighted by Gasteiger charge is -2.11. The first-order valence-electron chi connectivity index (χ1n) is 6.03. The fourth-order valence-corrected chi connectivity index (χ4v) is 1.99. The third kappa shape index (κ3) is 2.38. The summed E-state index contributed by atoms with van der Waals surface area (Å²) in [5.41, 5.74) is 2.02. The number of benzene rings is 1. The molecule has 0 saturated heterocycles. The normalized spacial score (nSPS) is 9.95. The van der Waals surface area contributed by atoms with Crippen LogP contribution in [0.15, 0.2) is 18.2 Å². The molecule has 2 rings (SSSR count). The molecule has 1 aromatic heterocycles. The lowest BCUT2D eigenvalue weighted by atomic mass is 10.2. The van der Waals surface area contributed by atoms with Gasteiger partial charge in [0.1, 0.15) is 17.5 Å². The molecule has 0 atom stereocenters. The SMILES string of the molecule is COc1ccc(Nc2c(C#N)c(C)nn2C)cc1OC. The van der Waals surface area contributed by atoms with Crippen molar-refractivity contribution >= 4 is 11.5 Å². The van der Waals surface area contributed by atoms with Crippen molar-refractivity contribution in [3.05, 3.63) is 29.5 Å². The van der Waals surface area contributed by atoms with Gasteiger partial charge in [-0.2, -0.15) is 10.4 Å². The zero-order valence-electron chi connectivity index (χ0n) is 11.9. The van der Waals surface area contributed by atoms with Crippen molar-refractivity contribution < 1.29 is 9.47 Å². The molecule has 0 unspecified atom stereocenters. The molecule has 104 valence electrons. The highest BCUT2D eigenvalue weighted by molar-refractivity contribution is 5.66. The van der Waals surface area contributed by atoms with Gasteiger partial charge in [0, 0.05) is 18.8 Å². The summed E-state index contributed by atoms with van der Waals surface area (Å²) >= 11 is 0. The van der Waals surface area contributed by atoms with Crippen LogP contribution in [0.5, 0.6) is 11.5 Å². The van der Waals surface area contributed by atoms with Gasteiger partial charge >= 0.3 is 0 Å². The Hall–Kier alpha value is -2.68. The summed E-state index contributed by atoms with van der Waals surface area (Å²) in [6, 6.07) is 7.62. The molecular formula is C14H16N4O2. The molecule has 0 aliphatic heterocycles. The topological polar surface area (TPSA) is 72.1 Å². The highest BCUT2D eigenvalue weighted by atomic mass is 16.5. The highest BCUT2D eigenvalue weighted by Gasteiger charge is 2.13. The van der Waals surface area contributed by atoms with Gasteiger partial charge in [0.2, 0.25) is 0 Å². The van der Waals surface area contributed by atoms with Crippen molar-refractivity contribution in [2.24, 2.45) is 7.05 Å². The maximum atomic E-state index is 9.19. The van der Waals surface area contributed by atoms with Gasteiger partial charge in [0.25, 0.3) is 0 Å². The average Bonchev–Trinajstić information content (AvgIpc) is 2.72. The van der Waals surface area contributed by atoms with Crippen LogP contribution in [0.4, 0.5) is 11.5 Å². The van der Waals surface area contributed by atoms with Gasteiger partial charge in [-0.1, -0.05) is 0 Å². The van der Waals surface area contributed by atoms with Crippen molar-refractivity contribution in [2.45, 2.75) is 6.92 Å². The maximum absolute atomic E-state index is 9.19. The van der Waals surface area contributed by atoms with Gasteiger partial charge in [-0.25, -0.2) is 0 Å². The minimum atomic E-state index is 0.530. The van der Waals surface area contributed by atoms with Gasteiger partial charge in [-0.05, 0) is 19.1 Å². The van der Waals surface area contributed by atoms with E-state index in [0.29, 0.717) is 28.6 Å². The Labute approximate surface area is 117 Å². The third-order valence-corrected chi connectivity index (χ3v) is 2.98. The number of nitrogens with zero attached hydrogens (tertiary/aromatic N) is 3. The molecule has 0 bridgehead atoms. The van der Waals surface area contributed by atoms with E-state index in [4.69, 9.17) is 9.47 Å². The second-order valence-electron chi connectivity index (χ2n) is 4.24. The number of aromatic nitrogens is 2. The first-order valence-corrected chi connectivity index (χ1v) is 6.03. The molecule has 0 aliphatic rings. The molecule has 6 heteroatoms. The zero-order chi connectivity index (χ0) is 14.7. The standard InChI is InChI=1S/C14H16N4O2/c1-9-11(8-15)14(18(2)17-9)16-10-5-6-12(19-3)13(7-10)20-4/h5-7,16H,1-4H3. The van der Waals surface area contributed by atoms with E-state index >= 15 is 0 Å². The van der Waals surface area contributed by atoms with Crippen LogP contribution >= 0.6 is 0 Å². The Balaban J connectivity index is 2.38. The molecule has 1 N–H and O–H groups in total. The number of anilines is 2. The molecule has 1 aromatic carbocycles. The molecule has 2 aromatic rings. The molecule has 20 heavy (non-hydrogen) atoms. The number of nitriles is 1. The van der Waals surface area contributed by atoms with Crippen LogP contribution < -0.4 is 14.8 Å². The largest absolute Gasteiger partial charge is 0.493 e. The van der Waals surface area contributed by atoms with Crippen molar-refractivity contribution in [1.29, 1.82) is 5.26 Å². The summed E-state index contributed by atoms with van der Waals surface area (Å²) in [5.74, 6) is 1.92. The number of rotatable bonds is 4. The van der Waals surface area contributed by atoms with Gasteiger partial charge < -0.3 is 14.8 Å². The molecule has 0 spiro atoms. The van der Waals surface area contributed by atoms with E-state index in [1.807, 2.05) is 12.1 Å². The van der Waals surface area contributed by atoms with Gasteiger partial charge in [0.15, 0.2) is 11.5 Å². The summed E-state index contributed by atoms with van der Waals surface area (Å²) in [7, 11) is 4.96. The Morgan fingerprint density at radius 2 is 1.95 bits per heavy atom. The lowest BCUT2D eigenvalue weighted by molar-refractivity contribution is 0.355. The average molecular weight is 272 g/mol. The van der Waals surface area contributed by atoms with E-state index in [-0.39, 0.29) is 0 Å². The fourth-order valence-electron chi connectivity index (χ4n) is 1.99. The van der Waals surface area contributed by atoms with E-state index in [0.717, 1.165) is 5.69 Å². The summed E-state index contributed by atoms with van der Waals surface area (Å²) in [6.07, 6.45) is 0. The van der Waals surface area contributed by atoms with Crippen LogP contribution in [0.1, 0.15) is 11.3 Å². The number of nitrogens with one attached hydrogen (secondary N) is 1. The van der Waals surface area contributed by atoms with Crippen molar-refractivity contribution in [3.8, 4) is 17.6 Å². The summed E-state index contributed by atoms with van der Waals surface area (Å²) in [6.45, 7) is 1.80. The summed E-state index contributed by atoms with van der Waals surface area (Å²) in [4.78, 5) is 0. The molecule has 1 heterocycles. The van der Waals surface area contributed by atoms with Crippen molar-refractivity contribution in [2.75, 3.05) is 19.5 Å². The Morgan fingerprint density at radius 1 is 1.25 bits per heavy atom. The second kappa shape index (κ2) is 5.53. The van der Waals surface area contributed by atoms with E-state index < -0.39 is 0 Å². The van der Waals surface area contributed by atoms with Crippen LogP contribution in [-0.4, -0.2) is 24.0 Å². The van der Waals surface area contributed by atoms with Crippen LogP contribution in [0, 0.1) is 18.3 Å². The first-order chi connectivity index (χ1) is 9.60. The summed E-state index contributed by atoms with van der Waals surface area (Å²) in [5, 5.41) is 16.6. The Morgan fingerprint density at radius 3 is 2.55 bits per heavy atom. The molecule has 0 radical (unpaired) electrons. The predicted octanol–water partition coefficient (Wildman–Crippen LogP) is 2.36. The van der Waals surface area contributed by atoms with Gasteiger partial charge in [0.05, 0.1) is 19.9 Å². The molecular weight excluding hydrogens is 256 g/mol. The van der Waals surface area contributed by atoms with Gasteiger partial charge in [-0.3, -0.25) is 4.68 Å². The smallest absolute Gasteiger partial charge is 0.162 e. The Kier molecular flexibility index (Phi) is 3.80. The molecule has 0 saturated carbocycles. The zero-order valence-corrected chi connectivity index (χ0v) is 11.9. The van der Waals surface area contributed by atoms with E-state index in [1.54, 1.807) is 38.9 Å². The fraction of sp³-hybridized carbons (Fsp3) is 0.286. The van der Waals surface area contributed by atoms with Crippen molar-refractivity contribution in [1.82, 2.24) is 9.78 Å². The van der Waals surface area contributed by atoms with Gasteiger partial charge in [-0.15, -0.1) is 0 Å². The maximum Gasteiger partial charge on any atom is 0.162 e. The Bertz CT molecular complexity index is 671. The minimum absolute atomic E-state index is 0.530. The number of hydrogen-bond donors (Lipinski definition) is 1.